The van der Waals surface area contributed by atoms with Gasteiger partial charge in [0.15, 0.2) is 0 Å². The average molecular weight is 311 g/mol. The first-order valence-electron chi connectivity index (χ1n) is 8.13. The van der Waals surface area contributed by atoms with Gasteiger partial charge in [-0.05, 0) is 42.4 Å². The van der Waals surface area contributed by atoms with Crippen molar-refractivity contribution in [2.45, 2.75) is 53.5 Å². The predicted molar refractivity (Wildman–Crippen MR) is 95.3 cm³/mol. The minimum absolute atomic E-state index is 0.170. The summed E-state index contributed by atoms with van der Waals surface area (Å²) in [7, 11) is 0. The van der Waals surface area contributed by atoms with Gasteiger partial charge in [0, 0.05) is 29.8 Å². The summed E-state index contributed by atoms with van der Waals surface area (Å²) in [5.74, 6) is 1.24. The molecule has 2 nitrogen and oxygen atoms in total. The van der Waals surface area contributed by atoms with Crippen molar-refractivity contribution >= 4 is 17.3 Å². The number of rotatable bonds is 8. The molecule has 3 heteroatoms. The number of benzene rings is 1. The lowest BCUT2D eigenvalue weighted by Gasteiger charge is -2.31. The summed E-state index contributed by atoms with van der Waals surface area (Å²) in [6.45, 7) is 13.3. The predicted octanol–water partition coefficient (Wildman–Crippen LogP) is 4.74. The highest BCUT2D eigenvalue weighted by Gasteiger charge is 2.17. The monoisotopic (exact) mass is 310 g/mol. The molecule has 120 valence electrons. The maximum Gasteiger partial charge on any atom is 0.0459 e. The van der Waals surface area contributed by atoms with E-state index in [-0.39, 0.29) is 6.04 Å². The molecule has 2 N–H and O–H groups in total. The van der Waals surface area contributed by atoms with Crippen molar-refractivity contribution < 1.29 is 0 Å². The topological polar surface area (TPSA) is 29.3 Å². The molecule has 0 radical (unpaired) electrons. The third-order valence-corrected chi connectivity index (χ3v) is 3.95. The third kappa shape index (κ3) is 5.88. The smallest absolute Gasteiger partial charge is 0.0459 e. The van der Waals surface area contributed by atoms with E-state index in [0.29, 0.717) is 11.8 Å². The van der Waals surface area contributed by atoms with Gasteiger partial charge in [0.1, 0.15) is 0 Å². The number of nitrogens with zero attached hydrogens (tertiary/aromatic N) is 1. The zero-order valence-electron chi connectivity index (χ0n) is 14.2. The molecule has 0 aliphatic heterocycles. The molecule has 0 saturated heterocycles. The van der Waals surface area contributed by atoms with Crippen molar-refractivity contribution in [3.63, 3.8) is 0 Å². The van der Waals surface area contributed by atoms with Crippen molar-refractivity contribution in [3.05, 3.63) is 28.8 Å². The van der Waals surface area contributed by atoms with E-state index in [1.54, 1.807) is 0 Å². The lowest BCUT2D eigenvalue weighted by Crippen LogP contribution is -2.33. The Hall–Kier alpha value is -0.730. The summed E-state index contributed by atoms with van der Waals surface area (Å²) >= 11 is 6.47. The van der Waals surface area contributed by atoms with E-state index in [1.165, 1.54) is 11.3 Å². The largest absolute Gasteiger partial charge is 0.371 e. The van der Waals surface area contributed by atoms with E-state index in [4.69, 9.17) is 17.3 Å². The maximum atomic E-state index is 6.47. The molecule has 1 aromatic carbocycles. The fraction of sp³-hybridized carbons (Fsp3) is 0.667. The Morgan fingerprint density at radius 2 is 1.67 bits per heavy atom. The first kappa shape index (κ1) is 18.3. The minimum Gasteiger partial charge on any atom is -0.371 e. The van der Waals surface area contributed by atoms with Gasteiger partial charge in [-0.25, -0.2) is 0 Å². The van der Waals surface area contributed by atoms with Crippen LogP contribution in [-0.4, -0.2) is 19.1 Å². The quantitative estimate of drug-likeness (QED) is 0.751. The summed E-state index contributed by atoms with van der Waals surface area (Å²) in [6, 6.07) is 6.38. The van der Waals surface area contributed by atoms with Crippen molar-refractivity contribution in [1.82, 2.24) is 0 Å². The zero-order valence-corrected chi connectivity index (χ0v) is 15.0. The van der Waals surface area contributed by atoms with Crippen LogP contribution in [0.5, 0.6) is 0 Å². The highest BCUT2D eigenvalue weighted by Crippen LogP contribution is 2.30. The van der Waals surface area contributed by atoms with E-state index in [9.17, 15) is 0 Å². The molecule has 0 aliphatic carbocycles. The fourth-order valence-electron chi connectivity index (χ4n) is 2.60. The van der Waals surface area contributed by atoms with Gasteiger partial charge in [0.05, 0.1) is 0 Å². The van der Waals surface area contributed by atoms with Crippen LogP contribution in [0.25, 0.3) is 0 Å². The van der Waals surface area contributed by atoms with Crippen molar-refractivity contribution in [2.75, 3.05) is 18.0 Å². The van der Waals surface area contributed by atoms with Crippen LogP contribution in [0, 0.1) is 11.8 Å². The van der Waals surface area contributed by atoms with Gasteiger partial charge in [-0.1, -0.05) is 52.3 Å². The second-order valence-corrected chi connectivity index (χ2v) is 7.21. The first-order valence-corrected chi connectivity index (χ1v) is 8.50. The molecule has 0 bridgehead atoms. The van der Waals surface area contributed by atoms with E-state index in [1.807, 2.05) is 12.1 Å². The van der Waals surface area contributed by atoms with Gasteiger partial charge < -0.3 is 10.6 Å². The number of halogens is 1. The molecule has 0 aliphatic rings. The molecule has 0 amide bonds. The Labute approximate surface area is 135 Å². The lowest BCUT2D eigenvalue weighted by molar-refractivity contribution is 0.549. The Balaban J connectivity index is 3.13. The molecule has 1 rings (SSSR count). The van der Waals surface area contributed by atoms with Gasteiger partial charge in [0.25, 0.3) is 0 Å². The lowest BCUT2D eigenvalue weighted by atomic mass is 10.0. The van der Waals surface area contributed by atoms with Crippen molar-refractivity contribution in [1.29, 1.82) is 0 Å². The summed E-state index contributed by atoms with van der Waals surface area (Å²) < 4.78 is 0. The maximum absolute atomic E-state index is 6.47. The number of hydrogen-bond donors (Lipinski definition) is 1. The molecule has 1 unspecified atom stereocenters. The highest BCUT2D eigenvalue weighted by atomic mass is 35.5. The molecule has 0 heterocycles. The standard InChI is InChI=1S/C18H31ClN2/c1-6-15(20)10-16-17(19)8-7-9-18(16)21(11-13(2)3)12-14(4)5/h7-9,13-15H,6,10-12,20H2,1-5H3. The zero-order chi connectivity index (χ0) is 16.0. The summed E-state index contributed by atoms with van der Waals surface area (Å²) in [4.78, 5) is 2.47. The van der Waals surface area contributed by atoms with Crippen LogP contribution in [0.15, 0.2) is 18.2 Å². The molecule has 0 fully saturated rings. The Kier molecular flexibility index (Phi) is 7.55. The number of anilines is 1. The molecule has 0 aromatic heterocycles. The van der Waals surface area contributed by atoms with Crippen LogP contribution in [0.1, 0.15) is 46.6 Å². The van der Waals surface area contributed by atoms with Crippen LogP contribution < -0.4 is 10.6 Å². The van der Waals surface area contributed by atoms with E-state index < -0.39 is 0 Å². The van der Waals surface area contributed by atoms with E-state index in [0.717, 1.165) is 31.0 Å². The number of nitrogens with two attached hydrogens (primary N) is 1. The van der Waals surface area contributed by atoms with Gasteiger partial charge in [-0.3, -0.25) is 0 Å². The van der Waals surface area contributed by atoms with Crippen LogP contribution in [0.4, 0.5) is 5.69 Å². The summed E-state index contributed by atoms with van der Waals surface area (Å²) in [5.41, 5.74) is 8.63. The fourth-order valence-corrected chi connectivity index (χ4v) is 2.85. The van der Waals surface area contributed by atoms with Gasteiger partial charge in [-0.15, -0.1) is 0 Å². The molecule has 1 aromatic rings. The SMILES string of the molecule is CCC(N)Cc1c(Cl)cccc1N(CC(C)C)CC(C)C. The minimum atomic E-state index is 0.170. The molecule has 1 atom stereocenters. The second-order valence-electron chi connectivity index (χ2n) is 6.80. The van der Waals surface area contributed by atoms with Crippen molar-refractivity contribution in [2.24, 2.45) is 17.6 Å². The normalized spacial score (nSPS) is 13.0. The summed E-state index contributed by atoms with van der Waals surface area (Å²) in [6.07, 6.45) is 1.82. The molecule has 0 spiro atoms. The molecular formula is C18H31ClN2. The van der Waals surface area contributed by atoms with Crippen LogP contribution in [0.2, 0.25) is 5.02 Å². The van der Waals surface area contributed by atoms with E-state index >= 15 is 0 Å². The van der Waals surface area contributed by atoms with Gasteiger partial charge in [-0.2, -0.15) is 0 Å². The highest BCUT2D eigenvalue weighted by molar-refractivity contribution is 6.31. The van der Waals surface area contributed by atoms with Gasteiger partial charge >= 0.3 is 0 Å². The molecule has 0 saturated carbocycles. The number of hydrogen-bond acceptors (Lipinski definition) is 2. The third-order valence-electron chi connectivity index (χ3n) is 3.60. The first-order chi connectivity index (χ1) is 9.85. The van der Waals surface area contributed by atoms with Crippen LogP contribution in [-0.2, 0) is 6.42 Å². The van der Waals surface area contributed by atoms with E-state index in [2.05, 4.69) is 45.6 Å². The van der Waals surface area contributed by atoms with Crippen molar-refractivity contribution in [3.8, 4) is 0 Å². The van der Waals surface area contributed by atoms with Gasteiger partial charge in [0.2, 0.25) is 0 Å². The van der Waals surface area contributed by atoms with Crippen LogP contribution in [0.3, 0.4) is 0 Å². The Morgan fingerprint density at radius 3 is 2.14 bits per heavy atom. The average Bonchev–Trinajstić information content (AvgIpc) is 2.39. The van der Waals surface area contributed by atoms with Crippen LogP contribution >= 0.6 is 11.6 Å². The Morgan fingerprint density at radius 1 is 1.10 bits per heavy atom. The second kappa shape index (κ2) is 8.65. The molecule has 21 heavy (non-hydrogen) atoms. The molecular weight excluding hydrogens is 280 g/mol. The summed E-state index contributed by atoms with van der Waals surface area (Å²) in [5, 5.41) is 0.842. The Bertz CT molecular complexity index is 419.